The number of benzene rings is 3. The fraction of sp³-hybridized carbons (Fsp3) is 0.367. The van der Waals surface area contributed by atoms with Crippen LogP contribution in [0.25, 0.3) is 22.2 Å². The fourth-order valence-electron chi connectivity index (χ4n) is 4.55. The Kier molecular flexibility index (Phi) is 8.48. The Bertz CT molecular complexity index is 1200. The molecule has 0 aliphatic carbocycles. The molecule has 0 radical (unpaired) electrons. The van der Waals surface area contributed by atoms with Gasteiger partial charge in [0.05, 0.1) is 0 Å². The Hall–Kier alpha value is -2.98. The second-order valence-electron chi connectivity index (χ2n) is 9.15. The maximum atomic E-state index is 13.9. The van der Waals surface area contributed by atoms with E-state index in [9.17, 15) is 4.39 Å². The molecule has 0 bridgehead atoms. The van der Waals surface area contributed by atoms with Gasteiger partial charge in [0.2, 0.25) is 0 Å². The highest BCUT2D eigenvalue weighted by Crippen LogP contribution is 2.23. The minimum Gasteiger partial charge on any atom is -0.328 e. The third kappa shape index (κ3) is 6.12. The first-order valence-electron chi connectivity index (χ1n) is 12.7. The first-order chi connectivity index (χ1) is 16.7. The van der Waals surface area contributed by atoms with Crippen molar-refractivity contribution in [2.75, 3.05) is 13.1 Å². The summed E-state index contributed by atoms with van der Waals surface area (Å²) in [7, 11) is 0. The van der Waals surface area contributed by atoms with Gasteiger partial charge >= 0.3 is 0 Å². The number of unbranched alkanes of at least 4 members (excludes halogenated alkanes) is 2. The van der Waals surface area contributed by atoms with Crippen LogP contribution >= 0.6 is 0 Å². The molecule has 0 aliphatic heterocycles. The number of nitrogens with zero attached hydrogens (tertiary/aromatic N) is 3. The van der Waals surface area contributed by atoms with Gasteiger partial charge in [-0.05, 0) is 53.9 Å². The third-order valence-corrected chi connectivity index (χ3v) is 6.49. The molecule has 0 unspecified atom stereocenters. The third-order valence-electron chi connectivity index (χ3n) is 6.49. The largest absolute Gasteiger partial charge is 0.328 e. The molecule has 178 valence electrons. The number of aromatic nitrogens is 2. The molecule has 3 nitrogen and oxygen atoms in total. The van der Waals surface area contributed by atoms with E-state index in [4.69, 9.17) is 4.98 Å². The number of hydrogen-bond donors (Lipinski definition) is 0. The summed E-state index contributed by atoms with van der Waals surface area (Å²) in [6.45, 7) is 8.38. The lowest BCUT2D eigenvalue weighted by atomic mass is 10.1. The number of hydrogen-bond acceptors (Lipinski definition) is 2. The van der Waals surface area contributed by atoms with Gasteiger partial charge < -0.3 is 4.57 Å². The van der Waals surface area contributed by atoms with Crippen LogP contribution in [0.5, 0.6) is 0 Å². The van der Waals surface area contributed by atoms with Gasteiger partial charge in [0.15, 0.2) is 0 Å². The molecule has 3 aromatic carbocycles. The van der Waals surface area contributed by atoms with E-state index in [-0.39, 0.29) is 5.82 Å². The average molecular weight is 458 g/mol. The average Bonchev–Trinajstić information content (AvgIpc) is 3.27. The van der Waals surface area contributed by atoms with Gasteiger partial charge in [-0.3, -0.25) is 4.90 Å². The van der Waals surface area contributed by atoms with Crippen LogP contribution in [-0.4, -0.2) is 27.5 Å². The number of halogens is 1. The van der Waals surface area contributed by atoms with E-state index in [0.717, 1.165) is 56.8 Å². The highest BCUT2D eigenvalue weighted by atomic mass is 19.1. The van der Waals surface area contributed by atoms with E-state index in [2.05, 4.69) is 65.8 Å². The molecule has 0 saturated heterocycles. The van der Waals surface area contributed by atoms with Gasteiger partial charge in [-0.2, -0.15) is 0 Å². The minimum absolute atomic E-state index is 0.217. The molecule has 1 heterocycles. The molecule has 34 heavy (non-hydrogen) atoms. The lowest BCUT2D eigenvalue weighted by Crippen LogP contribution is -2.27. The first kappa shape index (κ1) is 24.2. The molecule has 0 N–H and O–H groups in total. The molecule has 0 saturated carbocycles. The molecule has 0 fully saturated rings. The minimum atomic E-state index is -0.217. The highest BCUT2D eigenvalue weighted by Gasteiger charge is 2.14. The lowest BCUT2D eigenvalue weighted by Gasteiger charge is -2.23. The normalized spacial score (nSPS) is 11.5. The summed E-state index contributed by atoms with van der Waals surface area (Å²) < 4.78 is 16.2. The molecule has 0 spiro atoms. The monoisotopic (exact) mass is 457 g/mol. The quantitative estimate of drug-likeness (QED) is 0.220. The van der Waals surface area contributed by atoms with Crippen molar-refractivity contribution in [1.82, 2.24) is 14.5 Å². The van der Waals surface area contributed by atoms with Crippen LogP contribution in [0.2, 0.25) is 0 Å². The second kappa shape index (κ2) is 11.9. The molecular formula is C30H36FN3. The summed E-state index contributed by atoms with van der Waals surface area (Å²) >= 11 is 0. The summed E-state index contributed by atoms with van der Waals surface area (Å²) in [5.41, 5.74) is 3.43. The summed E-state index contributed by atoms with van der Waals surface area (Å²) in [5.74, 6) is 0.655. The van der Waals surface area contributed by atoms with Crippen molar-refractivity contribution in [3.8, 4) is 11.4 Å². The van der Waals surface area contributed by atoms with Crippen molar-refractivity contribution in [2.45, 2.75) is 59.0 Å². The molecule has 0 aliphatic rings. The van der Waals surface area contributed by atoms with Crippen molar-refractivity contribution in [3.63, 3.8) is 0 Å². The van der Waals surface area contributed by atoms with Crippen LogP contribution in [-0.2, 0) is 19.5 Å². The molecular weight excluding hydrogens is 421 g/mol. The van der Waals surface area contributed by atoms with Crippen molar-refractivity contribution in [1.29, 1.82) is 0 Å². The van der Waals surface area contributed by atoms with Gasteiger partial charge in [-0.1, -0.05) is 75.2 Å². The number of fused-ring (bicyclic) bond motifs is 1. The van der Waals surface area contributed by atoms with E-state index < -0.39 is 0 Å². The Morgan fingerprint density at radius 3 is 2.47 bits per heavy atom. The molecule has 1 aromatic heterocycles. The predicted octanol–water partition coefficient (Wildman–Crippen LogP) is 7.49. The summed E-state index contributed by atoms with van der Waals surface area (Å²) in [4.78, 5) is 7.28. The first-order valence-corrected chi connectivity index (χ1v) is 12.7. The topological polar surface area (TPSA) is 21.1 Å². The molecule has 4 heteroatoms. The van der Waals surface area contributed by atoms with Crippen LogP contribution in [0.3, 0.4) is 0 Å². The van der Waals surface area contributed by atoms with Crippen LogP contribution < -0.4 is 0 Å². The number of rotatable bonds is 12. The van der Waals surface area contributed by atoms with Crippen LogP contribution in [0, 0.1) is 5.82 Å². The van der Waals surface area contributed by atoms with E-state index >= 15 is 0 Å². The number of imidazole rings is 1. The van der Waals surface area contributed by atoms with Crippen LogP contribution in [0.15, 0.2) is 72.9 Å². The molecule has 0 atom stereocenters. The zero-order chi connectivity index (χ0) is 23.8. The molecule has 4 aromatic rings. The van der Waals surface area contributed by atoms with E-state index in [0.29, 0.717) is 0 Å². The van der Waals surface area contributed by atoms with E-state index in [1.54, 1.807) is 12.1 Å². The maximum absolute atomic E-state index is 13.9. The van der Waals surface area contributed by atoms with Gasteiger partial charge in [0, 0.05) is 43.5 Å². The molecule has 0 amide bonds. The van der Waals surface area contributed by atoms with Crippen molar-refractivity contribution < 1.29 is 4.39 Å². The fourth-order valence-corrected chi connectivity index (χ4v) is 4.55. The Morgan fingerprint density at radius 1 is 0.853 bits per heavy atom. The van der Waals surface area contributed by atoms with Crippen molar-refractivity contribution >= 4 is 10.8 Å². The van der Waals surface area contributed by atoms with Crippen molar-refractivity contribution in [2.24, 2.45) is 0 Å². The van der Waals surface area contributed by atoms with Crippen LogP contribution in [0.4, 0.5) is 4.39 Å². The van der Waals surface area contributed by atoms with Crippen LogP contribution in [0.1, 0.15) is 50.8 Å². The lowest BCUT2D eigenvalue weighted by molar-refractivity contribution is 0.262. The maximum Gasteiger partial charge on any atom is 0.140 e. The summed E-state index contributed by atoms with van der Waals surface area (Å²) in [5, 5.41) is 2.59. The standard InChI is InChI=1S/C30H36FN3/c1-3-5-17-33(23-24-14-15-25-10-7-8-11-26(25)20-24)19-16-29-22-32-30(34(29)18-6-4-2)27-12-9-13-28(31)21-27/h7-15,20-22H,3-6,16-19,23H2,1-2H3. The van der Waals surface area contributed by atoms with Gasteiger partial charge in [0.1, 0.15) is 11.6 Å². The zero-order valence-electron chi connectivity index (χ0n) is 20.5. The highest BCUT2D eigenvalue weighted by molar-refractivity contribution is 5.82. The van der Waals surface area contributed by atoms with Gasteiger partial charge in [-0.25, -0.2) is 9.37 Å². The Labute approximate surface area is 203 Å². The second-order valence-corrected chi connectivity index (χ2v) is 9.15. The van der Waals surface area contributed by atoms with E-state index in [1.807, 2.05) is 12.3 Å². The SMILES string of the molecule is CCCCN(CCc1cnc(-c2cccc(F)c2)n1CCCC)Cc1ccc2ccccc2c1. The Balaban J connectivity index is 1.52. The van der Waals surface area contributed by atoms with E-state index in [1.165, 1.54) is 40.9 Å². The van der Waals surface area contributed by atoms with Crippen molar-refractivity contribution in [3.05, 3.63) is 90.0 Å². The zero-order valence-corrected chi connectivity index (χ0v) is 20.5. The molecule has 4 rings (SSSR count). The smallest absolute Gasteiger partial charge is 0.140 e. The summed E-state index contributed by atoms with van der Waals surface area (Å²) in [6, 6.07) is 22.2. The predicted molar refractivity (Wildman–Crippen MR) is 140 cm³/mol. The van der Waals surface area contributed by atoms with Gasteiger partial charge in [-0.15, -0.1) is 0 Å². The van der Waals surface area contributed by atoms with Gasteiger partial charge in [0.25, 0.3) is 0 Å². The Morgan fingerprint density at radius 2 is 1.68 bits per heavy atom. The summed E-state index contributed by atoms with van der Waals surface area (Å²) in [6.07, 6.45) is 7.50.